The molecule has 124 valence electrons. The number of nitrogens with zero attached hydrogens (tertiary/aromatic N) is 1. The summed E-state index contributed by atoms with van der Waals surface area (Å²) in [4.78, 5) is 2.24. The van der Waals surface area contributed by atoms with Crippen LogP contribution >= 0.6 is 23.2 Å². The van der Waals surface area contributed by atoms with Crippen LogP contribution in [0.25, 0.3) is 0 Å². The molecule has 0 aliphatic carbocycles. The molecule has 1 heterocycles. The van der Waals surface area contributed by atoms with Crippen molar-refractivity contribution in [2.45, 2.75) is 32.4 Å². The molecule has 1 aliphatic rings. The maximum atomic E-state index is 11.5. The lowest BCUT2D eigenvalue weighted by molar-refractivity contribution is 0.312. The quantitative estimate of drug-likeness (QED) is 0.843. The summed E-state index contributed by atoms with van der Waals surface area (Å²) in [6.45, 7) is 4.36. The second kappa shape index (κ2) is 7.49. The maximum Gasteiger partial charge on any atom is 0.209 e. The molecule has 4 nitrogen and oxygen atoms in total. The van der Waals surface area contributed by atoms with Gasteiger partial charge in [-0.15, -0.1) is 0 Å². The van der Waals surface area contributed by atoms with E-state index >= 15 is 0 Å². The van der Waals surface area contributed by atoms with E-state index in [0.29, 0.717) is 29.1 Å². The highest BCUT2D eigenvalue weighted by atomic mass is 35.5. The highest BCUT2D eigenvalue weighted by Crippen LogP contribution is 2.29. The Morgan fingerprint density at radius 2 is 2.05 bits per heavy atom. The molecule has 1 fully saturated rings. The van der Waals surface area contributed by atoms with E-state index in [9.17, 15) is 8.42 Å². The Morgan fingerprint density at radius 3 is 2.68 bits per heavy atom. The van der Waals surface area contributed by atoms with Crippen LogP contribution in [0.2, 0.25) is 10.0 Å². The molecular weight excluding hydrogens is 343 g/mol. The van der Waals surface area contributed by atoms with E-state index in [2.05, 4.69) is 16.5 Å². The average molecular weight is 365 g/mol. The zero-order chi connectivity index (χ0) is 16.3. The van der Waals surface area contributed by atoms with Crippen LogP contribution in [-0.4, -0.2) is 38.7 Å². The third-order valence-corrected chi connectivity index (χ3v) is 5.56. The van der Waals surface area contributed by atoms with Crippen LogP contribution in [-0.2, 0) is 16.6 Å². The largest absolute Gasteiger partial charge is 0.297 e. The van der Waals surface area contributed by atoms with Crippen LogP contribution in [0.1, 0.15) is 25.3 Å². The van der Waals surface area contributed by atoms with Crippen molar-refractivity contribution < 1.29 is 8.42 Å². The van der Waals surface area contributed by atoms with Crippen LogP contribution in [0.3, 0.4) is 0 Å². The van der Waals surface area contributed by atoms with Crippen molar-refractivity contribution in [3.63, 3.8) is 0 Å². The van der Waals surface area contributed by atoms with Crippen molar-refractivity contribution in [3.8, 4) is 0 Å². The highest BCUT2D eigenvalue weighted by Gasteiger charge is 2.33. The van der Waals surface area contributed by atoms with Gasteiger partial charge in [0.2, 0.25) is 10.0 Å². The van der Waals surface area contributed by atoms with Crippen LogP contribution in [0.15, 0.2) is 18.2 Å². The fourth-order valence-corrected chi connectivity index (χ4v) is 4.27. The molecule has 2 atom stereocenters. The number of sulfonamides is 1. The molecule has 0 saturated carbocycles. The number of likely N-dealkylation sites (tertiary alicyclic amines) is 1. The molecule has 7 heteroatoms. The van der Waals surface area contributed by atoms with E-state index in [-0.39, 0.29) is 6.04 Å². The second-order valence-corrected chi connectivity index (χ2v) is 8.52. The van der Waals surface area contributed by atoms with Crippen LogP contribution in [0, 0.1) is 5.92 Å². The molecule has 1 aromatic carbocycles. The lowest BCUT2D eigenvalue weighted by atomic mass is 9.99. The first-order chi connectivity index (χ1) is 10.3. The Morgan fingerprint density at radius 1 is 1.32 bits per heavy atom. The van der Waals surface area contributed by atoms with E-state index in [1.54, 1.807) is 6.07 Å². The first-order valence-electron chi connectivity index (χ1n) is 7.42. The summed E-state index contributed by atoms with van der Waals surface area (Å²) in [7, 11) is -3.19. The van der Waals surface area contributed by atoms with Gasteiger partial charge in [0.1, 0.15) is 0 Å². The predicted molar refractivity (Wildman–Crippen MR) is 91.9 cm³/mol. The van der Waals surface area contributed by atoms with Gasteiger partial charge in [0.25, 0.3) is 0 Å². The van der Waals surface area contributed by atoms with Gasteiger partial charge >= 0.3 is 0 Å². The molecule has 0 aromatic heterocycles. The van der Waals surface area contributed by atoms with E-state index in [1.807, 2.05) is 12.1 Å². The highest BCUT2D eigenvalue weighted by molar-refractivity contribution is 7.88. The van der Waals surface area contributed by atoms with Crippen LogP contribution < -0.4 is 4.72 Å². The fraction of sp³-hybridized carbons (Fsp3) is 0.600. The molecule has 22 heavy (non-hydrogen) atoms. The second-order valence-electron chi connectivity index (χ2n) is 5.95. The van der Waals surface area contributed by atoms with Crippen molar-refractivity contribution >= 4 is 33.2 Å². The van der Waals surface area contributed by atoms with Gasteiger partial charge in [0, 0.05) is 25.7 Å². The zero-order valence-electron chi connectivity index (χ0n) is 12.9. The minimum Gasteiger partial charge on any atom is -0.297 e. The normalized spacial score (nSPS) is 23.1. The lowest BCUT2D eigenvalue weighted by Gasteiger charge is -2.17. The molecular formula is C15H22Cl2N2O2S. The van der Waals surface area contributed by atoms with Crippen molar-refractivity contribution in [3.05, 3.63) is 33.8 Å². The summed E-state index contributed by atoms with van der Waals surface area (Å²) >= 11 is 12.3. The van der Waals surface area contributed by atoms with Gasteiger partial charge in [-0.1, -0.05) is 48.7 Å². The number of hydrogen-bond donors (Lipinski definition) is 1. The molecule has 0 radical (unpaired) electrons. The minimum atomic E-state index is -3.19. The maximum absolute atomic E-state index is 11.5. The van der Waals surface area contributed by atoms with Crippen molar-refractivity contribution in [1.29, 1.82) is 0 Å². The topological polar surface area (TPSA) is 49.4 Å². The first-order valence-corrected chi connectivity index (χ1v) is 10.1. The summed E-state index contributed by atoms with van der Waals surface area (Å²) in [5.41, 5.74) is 0.976. The fourth-order valence-electron chi connectivity index (χ4n) is 3.07. The standard InChI is InChI=1S/C15H22Cl2N2O2S/c1-3-5-11-8-19(10-14(11)18-22(2,20)21)9-12-6-4-7-13(16)15(12)17/h4,6-7,11,14,18H,3,5,8-10H2,1-2H3/t11-,14-/m1/s1. The molecule has 0 amide bonds. The van der Waals surface area contributed by atoms with E-state index in [0.717, 1.165) is 24.9 Å². The lowest BCUT2D eigenvalue weighted by Crippen LogP contribution is -2.39. The average Bonchev–Trinajstić information content (AvgIpc) is 2.75. The predicted octanol–water partition coefficient (Wildman–Crippen LogP) is 3.14. The Hall–Kier alpha value is -0.330. The molecule has 1 aromatic rings. The molecule has 0 bridgehead atoms. The minimum absolute atomic E-state index is 0.0343. The number of benzene rings is 1. The van der Waals surface area contributed by atoms with Gasteiger partial charge in [-0.25, -0.2) is 13.1 Å². The van der Waals surface area contributed by atoms with Gasteiger partial charge in [0.05, 0.1) is 16.3 Å². The Kier molecular flexibility index (Phi) is 6.14. The van der Waals surface area contributed by atoms with Gasteiger partial charge in [-0.05, 0) is 24.0 Å². The Bertz CT molecular complexity index is 622. The summed E-state index contributed by atoms with van der Waals surface area (Å²) < 4.78 is 25.8. The first kappa shape index (κ1) is 18.0. The monoisotopic (exact) mass is 364 g/mol. The molecule has 1 saturated heterocycles. The molecule has 0 spiro atoms. The van der Waals surface area contributed by atoms with Crippen molar-refractivity contribution in [2.24, 2.45) is 5.92 Å². The molecule has 1 aliphatic heterocycles. The Balaban J connectivity index is 2.08. The molecule has 0 unspecified atom stereocenters. The third-order valence-electron chi connectivity index (χ3n) is 3.97. The summed E-state index contributed by atoms with van der Waals surface area (Å²) in [5, 5.41) is 1.13. The van der Waals surface area contributed by atoms with E-state index < -0.39 is 10.0 Å². The SMILES string of the molecule is CCC[C@@H]1CN(Cc2cccc(Cl)c2Cl)C[C@H]1NS(C)(=O)=O. The van der Waals surface area contributed by atoms with Crippen LogP contribution in [0.5, 0.6) is 0 Å². The van der Waals surface area contributed by atoms with Gasteiger partial charge < -0.3 is 0 Å². The summed E-state index contributed by atoms with van der Waals surface area (Å²) in [6, 6.07) is 5.58. The van der Waals surface area contributed by atoms with Crippen molar-refractivity contribution in [2.75, 3.05) is 19.3 Å². The summed E-state index contributed by atoms with van der Waals surface area (Å²) in [6.07, 6.45) is 3.26. The van der Waals surface area contributed by atoms with E-state index in [4.69, 9.17) is 23.2 Å². The zero-order valence-corrected chi connectivity index (χ0v) is 15.2. The van der Waals surface area contributed by atoms with Crippen molar-refractivity contribution in [1.82, 2.24) is 9.62 Å². The van der Waals surface area contributed by atoms with Gasteiger partial charge in [-0.2, -0.15) is 0 Å². The number of rotatable bonds is 6. The summed E-state index contributed by atoms with van der Waals surface area (Å²) in [5.74, 6) is 0.331. The van der Waals surface area contributed by atoms with Crippen LogP contribution in [0.4, 0.5) is 0 Å². The smallest absolute Gasteiger partial charge is 0.209 e. The number of hydrogen-bond acceptors (Lipinski definition) is 3. The number of nitrogens with one attached hydrogen (secondary N) is 1. The molecule has 1 N–H and O–H groups in total. The van der Waals surface area contributed by atoms with Gasteiger partial charge in [0.15, 0.2) is 0 Å². The van der Waals surface area contributed by atoms with Gasteiger partial charge in [-0.3, -0.25) is 4.90 Å². The third kappa shape index (κ3) is 4.83. The number of halogens is 2. The molecule has 2 rings (SSSR count). The Labute approximate surface area is 142 Å². The van der Waals surface area contributed by atoms with E-state index in [1.165, 1.54) is 6.26 Å².